The molecule has 0 fully saturated rings. The highest BCUT2D eigenvalue weighted by molar-refractivity contribution is 6.31. The molecule has 0 aromatic heterocycles. The normalized spacial score (nSPS) is 11.1. The lowest BCUT2D eigenvalue weighted by Gasteiger charge is -2.14. The molecule has 0 radical (unpaired) electrons. The zero-order valence-electron chi connectivity index (χ0n) is 14.8. The first kappa shape index (κ1) is 18.9. The Kier molecular flexibility index (Phi) is 7.41. The summed E-state index contributed by atoms with van der Waals surface area (Å²) in [4.78, 5) is 4.24. The van der Waals surface area contributed by atoms with Gasteiger partial charge in [-0.05, 0) is 35.7 Å². The van der Waals surface area contributed by atoms with Crippen LogP contribution in [0.2, 0.25) is 5.02 Å². The van der Waals surface area contributed by atoms with Crippen molar-refractivity contribution in [1.82, 2.24) is 10.6 Å². The molecule has 5 nitrogen and oxygen atoms in total. The molecular weight excluding hydrogens is 338 g/mol. The second kappa shape index (κ2) is 9.79. The summed E-state index contributed by atoms with van der Waals surface area (Å²) in [5.74, 6) is 2.17. The van der Waals surface area contributed by atoms with Gasteiger partial charge in [-0.3, -0.25) is 4.99 Å². The number of methoxy groups -OCH3 is 2. The van der Waals surface area contributed by atoms with E-state index in [1.54, 1.807) is 21.3 Å². The molecule has 25 heavy (non-hydrogen) atoms. The second-order valence-electron chi connectivity index (χ2n) is 5.38. The van der Waals surface area contributed by atoms with Crippen molar-refractivity contribution in [2.24, 2.45) is 4.99 Å². The molecule has 0 amide bonds. The molecule has 2 aromatic rings. The Balaban J connectivity index is 1.85. The van der Waals surface area contributed by atoms with Gasteiger partial charge in [-0.25, -0.2) is 0 Å². The van der Waals surface area contributed by atoms with Crippen molar-refractivity contribution in [2.45, 2.75) is 13.0 Å². The summed E-state index contributed by atoms with van der Waals surface area (Å²) in [6.07, 6.45) is 0.830. The van der Waals surface area contributed by atoms with Gasteiger partial charge in [0.1, 0.15) is 0 Å². The van der Waals surface area contributed by atoms with Crippen molar-refractivity contribution in [3.63, 3.8) is 0 Å². The van der Waals surface area contributed by atoms with Crippen molar-refractivity contribution in [3.05, 3.63) is 58.6 Å². The van der Waals surface area contributed by atoms with Crippen molar-refractivity contribution in [2.75, 3.05) is 27.8 Å². The molecule has 0 unspecified atom stereocenters. The number of nitrogens with zero attached hydrogens (tertiary/aromatic N) is 1. The Morgan fingerprint density at radius 3 is 2.48 bits per heavy atom. The maximum Gasteiger partial charge on any atom is 0.191 e. The topological polar surface area (TPSA) is 54.9 Å². The van der Waals surface area contributed by atoms with Crippen LogP contribution in [0.25, 0.3) is 0 Å². The first-order valence-electron chi connectivity index (χ1n) is 8.06. The third kappa shape index (κ3) is 5.57. The van der Waals surface area contributed by atoms with E-state index in [9.17, 15) is 0 Å². The minimum absolute atomic E-state index is 0.631. The van der Waals surface area contributed by atoms with E-state index >= 15 is 0 Å². The fourth-order valence-corrected chi connectivity index (χ4v) is 2.64. The molecule has 0 heterocycles. The van der Waals surface area contributed by atoms with E-state index < -0.39 is 0 Å². The predicted molar refractivity (Wildman–Crippen MR) is 103 cm³/mol. The Bertz CT molecular complexity index is 720. The standard InChI is InChI=1S/C19H24ClN3O2/c1-21-19(22-11-10-15-6-4-5-7-16(15)20)23-13-14-8-9-17(24-2)18(12-14)25-3/h4-9,12H,10-11,13H2,1-3H3,(H2,21,22,23). The van der Waals surface area contributed by atoms with Crippen LogP contribution in [0.3, 0.4) is 0 Å². The number of hydrogen-bond donors (Lipinski definition) is 2. The lowest BCUT2D eigenvalue weighted by atomic mass is 10.1. The predicted octanol–water partition coefficient (Wildman–Crippen LogP) is 3.26. The molecule has 0 bridgehead atoms. The Morgan fingerprint density at radius 2 is 1.80 bits per heavy atom. The minimum Gasteiger partial charge on any atom is -0.493 e. The first-order chi connectivity index (χ1) is 12.2. The zero-order chi connectivity index (χ0) is 18.1. The van der Waals surface area contributed by atoms with Gasteiger partial charge in [0.05, 0.1) is 14.2 Å². The molecule has 0 atom stereocenters. The van der Waals surface area contributed by atoms with E-state index in [0.29, 0.717) is 18.0 Å². The van der Waals surface area contributed by atoms with E-state index in [0.717, 1.165) is 35.1 Å². The van der Waals surface area contributed by atoms with Gasteiger partial charge in [0.25, 0.3) is 0 Å². The summed E-state index contributed by atoms with van der Waals surface area (Å²) in [5.41, 5.74) is 2.19. The Labute approximate surface area is 154 Å². The maximum absolute atomic E-state index is 6.17. The largest absolute Gasteiger partial charge is 0.493 e. The van der Waals surface area contributed by atoms with Gasteiger partial charge in [0.2, 0.25) is 0 Å². The third-order valence-electron chi connectivity index (χ3n) is 3.78. The van der Waals surface area contributed by atoms with Crippen LogP contribution >= 0.6 is 11.6 Å². The van der Waals surface area contributed by atoms with Crippen LogP contribution < -0.4 is 20.1 Å². The van der Waals surface area contributed by atoms with E-state index in [2.05, 4.69) is 15.6 Å². The summed E-state index contributed by atoms with van der Waals surface area (Å²) >= 11 is 6.17. The summed E-state index contributed by atoms with van der Waals surface area (Å²) in [6, 6.07) is 13.7. The van der Waals surface area contributed by atoms with Crippen LogP contribution in [0.4, 0.5) is 0 Å². The van der Waals surface area contributed by atoms with E-state index in [4.69, 9.17) is 21.1 Å². The third-order valence-corrected chi connectivity index (χ3v) is 4.14. The average Bonchev–Trinajstić information content (AvgIpc) is 2.65. The van der Waals surface area contributed by atoms with Gasteiger partial charge in [-0.15, -0.1) is 0 Å². The van der Waals surface area contributed by atoms with Gasteiger partial charge < -0.3 is 20.1 Å². The van der Waals surface area contributed by atoms with Gasteiger partial charge in [0.15, 0.2) is 17.5 Å². The number of ether oxygens (including phenoxy) is 2. The smallest absolute Gasteiger partial charge is 0.191 e. The lowest BCUT2D eigenvalue weighted by Crippen LogP contribution is -2.37. The fraction of sp³-hybridized carbons (Fsp3) is 0.316. The molecule has 0 aliphatic rings. The van der Waals surface area contributed by atoms with Gasteiger partial charge in [-0.1, -0.05) is 35.9 Å². The Hall–Kier alpha value is -2.40. The van der Waals surface area contributed by atoms with Crippen molar-refractivity contribution in [3.8, 4) is 11.5 Å². The Morgan fingerprint density at radius 1 is 1.04 bits per heavy atom. The number of aliphatic imine (C=N–C) groups is 1. The van der Waals surface area contributed by atoms with Crippen LogP contribution in [0.15, 0.2) is 47.5 Å². The average molecular weight is 362 g/mol. The minimum atomic E-state index is 0.631. The van der Waals surface area contributed by atoms with Crippen LogP contribution in [0, 0.1) is 0 Å². The van der Waals surface area contributed by atoms with Crippen LogP contribution in [-0.2, 0) is 13.0 Å². The molecule has 0 spiro atoms. The molecule has 2 aromatic carbocycles. The zero-order valence-corrected chi connectivity index (χ0v) is 15.6. The fourth-order valence-electron chi connectivity index (χ4n) is 2.41. The van der Waals surface area contributed by atoms with Gasteiger partial charge in [-0.2, -0.15) is 0 Å². The summed E-state index contributed by atoms with van der Waals surface area (Å²) in [6.45, 7) is 1.38. The SMILES string of the molecule is CN=C(NCCc1ccccc1Cl)NCc1ccc(OC)c(OC)c1. The summed E-state index contributed by atoms with van der Waals surface area (Å²) in [7, 11) is 5.00. The number of guanidine groups is 1. The van der Waals surface area contributed by atoms with Crippen molar-refractivity contribution in [1.29, 1.82) is 0 Å². The molecule has 0 saturated heterocycles. The molecule has 0 aliphatic carbocycles. The number of benzene rings is 2. The first-order valence-corrected chi connectivity index (χ1v) is 8.44. The van der Waals surface area contributed by atoms with Crippen molar-refractivity contribution >= 4 is 17.6 Å². The number of rotatable bonds is 7. The van der Waals surface area contributed by atoms with E-state index in [1.807, 2.05) is 42.5 Å². The highest BCUT2D eigenvalue weighted by Gasteiger charge is 2.05. The molecule has 2 N–H and O–H groups in total. The van der Waals surface area contributed by atoms with E-state index in [-0.39, 0.29) is 0 Å². The quantitative estimate of drug-likeness (QED) is 0.587. The van der Waals surface area contributed by atoms with Crippen molar-refractivity contribution < 1.29 is 9.47 Å². The molecule has 0 saturated carbocycles. The molecule has 0 aliphatic heterocycles. The monoisotopic (exact) mass is 361 g/mol. The molecule has 6 heteroatoms. The summed E-state index contributed by atoms with van der Waals surface area (Å²) in [5, 5.41) is 7.37. The molecular formula is C19H24ClN3O2. The maximum atomic E-state index is 6.17. The molecule has 134 valence electrons. The summed E-state index contributed by atoms with van der Waals surface area (Å²) < 4.78 is 10.6. The van der Waals surface area contributed by atoms with Crippen LogP contribution in [0.1, 0.15) is 11.1 Å². The number of halogens is 1. The van der Waals surface area contributed by atoms with Gasteiger partial charge in [0, 0.05) is 25.2 Å². The second-order valence-corrected chi connectivity index (χ2v) is 5.79. The lowest BCUT2D eigenvalue weighted by molar-refractivity contribution is 0.354. The number of nitrogens with one attached hydrogen (secondary N) is 2. The van der Waals surface area contributed by atoms with E-state index in [1.165, 1.54) is 0 Å². The van der Waals surface area contributed by atoms with Gasteiger partial charge >= 0.3 is 0 Å². The highest BCUT2D eigenvalue weighted by atomic mass is 35.5. The molecule has 2 rings (SSSR count). The highest BCUT2D eigenvalue weighted by Crippen LogP contribution is 2.27. The van der Waals surface area contributed by atoms with Crippen LogP contribution in [-0.4, -0.2) is 33.8 Å². The number of hydrogen-bond acceptors (Lipinski definition) is 3. The van der Waals surface area contributed by atoms with Crippen LogP contribution in [0.5, 0.6) is 11.5 Å².